The lowest BCUT2D eigenvalue weighted by atomic mass is 10.0. The average molecular weight is 268 g/mol. The van der Waals surface area contributed by atoms with Crippen LogP contribution in [0.5, 0.6) is 5.75 Å². The Morgan fingerprint density at radius 3 is 3.05 bits per heavy atom. The highest BCUT2D eigenvalue weighted by molar-refractivity contribution is 5.94. The van der Waals surface area contributed by atoms with Crippen molar-refractivity contribution in [2.24, 2.45) is 0 Å². The molecule has 1 amide bonds. The molecule has 1 aliphatic heterocycles. The van der Waals surface area contributed by atoms with Crippen molar-refractivity contribution in [1.29, 1.82) is 0 Å². The van der Waals surface area contributed by atoms with E-state index in [1.54, 1.807) is 6.20 Å². The number of benzene rings is 1. The molecule has 0 aliphatic carbocycles. The highest BCUT2D eigenvalue weighted by Gasteiger charge is 2.15. The number of carbonyl (C=O) groups excluding carboxylic acids is 1. The molecule has 1 N–H and O–H groups in total. The van der Waals surface area contributed by atoms with Crippen molar-refractivity contribution < 1.29 is 9.53 Å². The van der Waals surface area contributed by atoms with Crippen LogP contribution in [-0.2, 0) is 17.8 Å². The molecule has 4 heteroatoms. The van der Waals surface area contributed by atoms with Crippen LogP contribution in [0, 0.1) is 6.92 Å². The van der Waals surface area contributed by atoms with E-state index in [4.69, 9.17) is 4.74 Å². The standard InChI is InChI=1S/C16H16N2O2/c1-11-3-2-8-17-15(11)10-20-13-6-4-12-5-7-16(19)18-14(12)9-13/h2-4,6,8-9H,5,7,10H2,1H3,(H,18,19). The summed E-state index contributed by atoms with van der Waals surface area (Å²) in [6.07, 6.45) is 3.11. The Balaban J connectivity index is 1.74. The summed E-state index contributed by atoms with van der Waals surface area (Å²) in [5.41, 5.74) is 4.05. The van der Waals surface area contributed by atoms with Gasteiger partial charge in [-0.1, -0.05) is 12.1 Å². The molecule has 4 nitrogen and oxygen atoms in total. The number of anilines is 1. The smallest absolute Gasteiger partial charge is 0.224 e. The van der Waals surface area contributed by atoms with Crippen LogP contribution in [0.1, 0.15) is 23.2 Å². The van der Waals surface area contributed by atoms with Gasteiger partial charge in [0.2, 0.25) is 5.91 Å². The van der Waals surface area contributed by atoms with Gasteiger partial charge in [0.1, 0.15) is 12.4 Å². The maximum Gasteiger partial charge on any atom is 0.224 e. The number of rotatable bonds is 3. The van der Waals surface area contributed by atoms with Gasteiger partial charge >= 0.3 is 0 Å². The highest BCUT2D eigenvalue weighted by Crippen LogP contribution is 2.27. The van der Waals surface area contributed by atoms with Crippen LogP contribution < -0.4 is 10.1 Å². The predicted molar refractivity (Wildman–Crippen MR) is 76.7 cm³/mol. The normalized spacial score (nSPS) is 13.6. The lowest BCUT2D eigenvalue weighted by Gasteiger charge is -2.17. The van der Waals surface area contributed by atoms with E-state index in [1.165, 1.54) is 0 Å². The van der Waals surface area contributed by atoms with Crippen LogP contribution in [0.2, 0.25) is 0 Å². The molecule has 2 heterocycles. The molecule has 0 spiro atoms. The Morgan fingerprint density at radius 1 is 1.30 bits per heavy atom. The van der Waals surface area contributed by atoms with Gasteiger partial charge in [-0.2, -0.15) is 0 Å². The van der Waals surface area contributed by atoms with E-state index in [2.05, 4.69) is 10.3 Å². The summed E-state index contributed by atoms with van der Waals surface area (Å²) in [5, 5.41) is 2.88. The maximum atomic E-state index is 11.4. The topological polar surface area (TPSA) is 51.2 Å². The second kappa shape index (κ2) is 5.33. The minimum atomic E-state index is 0.0650. The first-order valence-electron chi connectivity index (χ1n) is 6.68. The number of hydrogen-bond acceptors (Lipinski definition) is 3. The van der Waals surface area contributed by atoms with Crippen LogP contribution in [0.4, 0.5) is 5.69 Å². The number of nitrogens with one attached hydrogen (secondary N) is 1. The Morgan fingerprint density at radius 2 is 2.20 bits per heavy atom. The molecule has 1 aromatic heterocycles. The van der Waals surface area contributed by atoms with Gasteiger partial charge in [-0.15, -0.1) is 0 Å². The SMILES string of the molecule is Cc1cccnc1COc1ccc2c(c1)NC(=O)CC2. The van der Waals surface area contributed by atoms with Crippen molar-refractivity contribution in [3.05, 3.63) is 53.3 Å². The first-order chi connectivity index (χ1) is 9.72. The average Bonchev–Trinajstić information content (AvgIpc) is 2.46. The molecule has 102 valence electrons. The predicted octanol–water partition coefficient (Wildman–Crippen LogP) is 2.85. The highest BCUT2D eigenvalue weighted by atomic mass is 16.5. The summed E-state index contributed by atoms with van der Waals surface area (Å²) < 4.78 is 5.76. The number of pyridine rings is 1. The van der Waals surface area contributed by atoms with Crippen molar-refractivity contribution in [2.45, 2.75) is 26.4 Å². The monoisotopic (exact) mass is 268 g/mol. The van der Waals surface area contributed by atoms with Crippen LogP contribution in [0.3, 0.4) is 0 Å². The summed E-state index contributed by atoms with van der Waals surface area (Å²) >= 11 is 0. The molecule has 0 atom stereocenters. The molecular weight excluding hydrogens is 252 g/mol. The third-order valence-corrected chi connectivity index (χ3v) is 3.47. The Kier molecular flexibility index (Phi) is 3.37. The minimum Gasteiger partial charge on any atom is -0.487 e. The van der Waals surface area contributed by atoms with Crippen LogP contribution in [0.25, 0.3) is 0 Å². The number of aryl methyl sites for hydroxylation is 2. The Bertz CT molecular complexity index is 653. The van der Waals surface area contributed by atoms with Gasteiger partial charge in [0.25, 0.3) is 0 Å². The van der Waals surface area contributed by atoms with E-state index < -0.39 is 0 Å². The summed E-state index contributed by atoms with van der Waals surface area (Å²) in [6.45, 7) is 2.44. The molecular formula is C16H16N2O2. The number of nitrogens with zero attached hydrogens (tertiary/aromatic N) is 1. The van der Waals surface area contributed by atoms with Crippen molar-refractivity contribution in [3.8, 4) is 5.75 Å². The number of amides is 1. The molecule has 1 aromatic carbocycles. The second-order valence-corrected chi connectivity index (χ2v) is 4.92. The van der Waals surface area contributed by atoms with Gasteiger partial charge < -0.3 is 10.1 Å². The van der Waals surface area contributed by atoms with Crippen LogP contribution in [0.15, 0.2) is 36.5 Å². The minimum absolute atomic E-state index is 0.0650. The zero-order valence-corrected chi connectivity index (χ0v) is 11.3. The van der Waals surface area contributed by atoms with Gasteiger partial charge in [-0.05, 0) is 36.6 Å². The molecule has 2 aromatic rings. The summed E-state index contributed by atoms with van der Waals surface area (Å²) in [4.78, 5) is 15.7. The van der Waals surface area contributed by atoms with Crippen molar-refractivity contribution in [3.63, 3.8) is 0 Å². The molecule has 0 saturated carbocycles. The number of ether oxygens (including phenoxy) is 1. The zero-order chi connectivity index (χ0) is 13.9. The van der Waals surface area contributed by atoms with Crippen molar-refractivity contribution in [2.75, 3.05) is 5.32 Å². The third-order valence-electron chi connectivity index (χ3n) is 3.47. The Hall–Kier alpha value is -2.36. The lowest BCUT2D eigenvalue weighted by molar-refractivity contribution is -0.116. The molecule has 20 heavy (non-hydrogen) atoms. The lowest BCUT2D eigenvalue weighted by Crippen LogP contribution is -2.18. The Labute approximate surface area is 117 Å². The molecule has 0 fully saturated rings. The fourth-order valence-electron chi connectivity index (χ4n) is 2.26. The van der Waals surface area contributed by atoms with Crippen LogP contribution in [-0.4, -0.2) is 10.9 Å². The molecule has 1 aliphatic rings. The fourth-order valence-corrected chi connectivity index (χ4v) is 2.26. The van der Waals surface area contributed by atoms with E-state index in [0.29, 0.717) is 13.0 Å². The maximum absolute atomic E-state index is 11.4. The summed E-state index contributed by atoms with van der Waals surface area (Å²) in [6, 6.07) is 9.75. The van der Waals surface area contributed by atoms with Crippen LogP contribution >= 0.6 is 0 Å². The first kappa shape index (κ1) is 12.7. The molecule has 0 unspecified atom stereocenters. The number of carbonyl (C=O) groups is 1. The fraction of sp³-hybridized carbons (Fsp3) is 0.250. The number of fused-ring (bicyclic) bond motifs is 1. The summed E-state index contributed by atoms with van der Waals surface area (Å²) in [7, 11) is 0. The molecule has 0 radical (unpaired) electrons. The summed E-state index contributed by atoms with van der Waals surface area (Å²) in [5.74, 6) is 0.811. The van der Waals surface area contributed by atoms with Gasteiger partial charge in [0.15, 0.2) is 0 Å². The first-order valence-corrected chi connectivity index (χ1v) is 6.68. The molecule has 3 rings (SSSR count). The van der Waals surface area contributed by atoms with E-state index in [9.17, 15) is 4.79 Å². The van der Waals surface area contributed by atoms with E-state index >= 15 is 0 Å². The van der Waals surface area contributed by atoms with E-state index in [0.717, 1.165) is 34.7 Å². The third kappa shape index (κ3) is 2.64. The van der Waals surface area contributed by atoms with E-state index in [1.807, 2.05) is 37.3 Å². The van der Waals surface area contributed by atoms with Gasteiger partial charge in [0.05, 0.1) is 5.69 Å². The molecule has 0 saturated heterocycles. The van der Waals surface area contributed by atoms with Crippen molar-refractivity contribution >= 4 is 11.6 Å². The zero-order valence-electron chi connectivity index (χ0n) is 11.3. The number of hydrogen-bond donors (Lipinski definition) is 1. The van der Waals surface area contributed by atoms with Gasteiger partial charge in [-0.3, -0.25) is 9.78 Å². The second-order valence-electron chi connectivity index (χ2n) is 4.92. The van der Waals surface area contributed by atoms with Crippen molar-refractivity contribution in [1.82, 2.24) is 4.98 Å². The van der Waals surface area contributed by atoms with Gasteiger partial charge in [-0.25, -0.2) is 0 Å². The van der Waals surface area contributed by atoms with Gasteiger partial charge in [0, 0.05) is 24.4 Å². The quantitative estimate of drug-likeness (QED) is 0.931. The largest absolute Gasteiger partial charge is 0.487 e. The molecule has 0 bridgehead atoms. The number of aromatic nitrogens is 1. The van der Waals surface area contributed by atoms with E-state index in [-0.39, 0.29) is 5.91 Å².